The van der Waals surface area contributed by atoms with Gasteiger partial charge in [0.1, 0.15) is 17.4 Å². The monoisotopic (exact) mass is 458 g/mol. The van der Waals surface area contributed by atoms with Crippen LogP contribution >= 0.6 is 0 Å². The van der Waals surface area contributed by atoms with Crippen LogP contribution in [-0.2, 0) is 4.79 Å². The van der Waals surface area contributed by atoms with Crippen molar-refractivity contribution >= 4 is 28.9 Å². The minimum atomic E-state index is -0.674. The quantitative estimate of drug-likeness (QED) is 0.539. The van der Waals surface area contributed by atoms with E-state index in [1.165, 1.54) is 12.1 Å². The highest BCUT2D eigenvalue weighted by molar-refractivity contribution is 5.79. The summed E-state index contributed by atoms with van der Waals surface area (Å²) in [6.45, 7) is 0. The molecule has 0 radical (unpaired) electrons. The van der Waals surface area contributed by atoms with E-state index in [1.54, 1.807) is 6.20 Å². The molecule has 2 aromatic rings. The number of nitrogens with one attached hydrogen (secondary N) is 3. The second kappa shape index (κ2) is 9.09. The van der Waals surface area contributed by atoms with E-state index in [4.69, 9.17) is 4.98 Å². The highest BCUT2D eigenvalue weighted by Crippen LogP contribution is 2.39. The molecule has 2 aliphatic carbocycles. The number of fused-ring (bicyclic) bond motifs is 1. The van der Waals surface area contributed by atoms with Crippen molar-refractivity contribution in [3.05, 3.63) is 36.0 Å². The summed E-state index contributed by atoms with van der Waals surface area (Å²) in [5, 5.41) is 19.8. The molecule has 33 heavy (non-hydrogen) atoms. The van der Waals surface area contributed by atoms with Crippen LogP contribution in [-0.4, -0.2) is 45.3 Å². The number of nitrogens with zero attached hydrogens (tertiary/aromatic N) is 3. The van der Waals surface area contributed by atoms with Gasteiger partial charge in [-0.3, -0.25) is 4.79 Å². The zero-order chi connectivity index (χ0) is 22.9. The second-order valence-electron chi connectivity index (χ2n) is 9.07. The molecule has 0 bridgehead atoms. The zero-order valence-corrected chi connectivity index (χ0v) is 18.2. The van der Waals surface area contributed by atoms with Gasteiger partial charge < -0.3 is 26.0 Å². The lowest BCUT2D eigenvalue weighted by Gasteiger charge is -2.38. The number of halogens is 2. The molecule has 1 atom stereocenters. The summed E-state index contributed by atoms with van der Waals surface area (Å²) in [6, 6.07) is 3.67. The van der Waals surface area contributed by atoms with Crippen LogP contribution in [0.2, 0.25) is 0 Å². The number of hydrogen-bond acceptors (Lipinski definition) is 8. The third kappa shape index (κ3) is 4.71. The summed E-state index contributed by atoms with van der Waals surface area (Å²) in [5.74, 6) is 0.168. The van der Waals surface area contributed by atoms with Gasteiger partial charge in [0, 0.05) is 31.0 Å². The van der Waals surface area contributed by atoms with Crippen LogP contribution in [0.4, 0.5) is 31.9 Å². The lowest BCUT2D eigenvalue weighted by atomic mass is 9.92. The number of rotatable bonds is 5. The predicted octanol–water partition coefficient (Wildman–Crippen LogP) is 3.61. The van der Waals surface area contributed by atoms with Crippen molar-refractivity contribution in [3.8, 4) is 0 Å². The third-order valence-electron chi connectivity index (χ3n) is 6.74. The van der Waals surface area contributed by atoms with Gasteiger partial charge in [-0.05, 0) is 50.7 Å². The molecule has 0 spiro atoms. The minimum absolute atomic E-state index is 0.0817. The number of benzene rings is 1. The first kappa shape index (κ1) is 21.8. The Bertz CT molecular complexity index is 1020. The van der Waals surface area contributed by atoms with E-state index in [2.05, 4.69) is 25.8 Å². The van der Waals surface area contributed by atoms with Crippen molar-refractivity contribution in [3.63, 3.8) is 0 Å². The predicted molar refractivity (Wildman–Crippen MR) is 121 cm³/mol. The van der Waals surface area contributed by atoms with Crippen LogP contribution < -0.4 is 20.9 Å². The van der Waals surface area contributed by atoms with Crippen LogP contribution in [0.15, 0.2) is 24.4 Å². The molecule has 2 saturated carbocycles. The highest BCUT2D eigenvalue weighted by Gasteiger charge is 2.38. The number of ketones is 1. The minimum Gasteiger partial charge on any atom is -0.393 e. The lowest BCUT2D eigenvalue weighted by Crippen LogP contribution is -2.49. The fourth-order valence-electron chi connectivity index (χ4n) is 4.93. The van der Waals surface area contributed by atoms with Crippen molar-refractivity contribution in [2.24, 2.45) is 0 Å². The zero-order valence-electron chi connectivity index (χ0n) is 18.2. The van der Waals surface area contributed by atoms with Gasteiger partial charge in [0.05, 0.1) is 23.7 Å². The van der Waals surface area contributed by atoms with Crippen molar-refractivity contribution in [1.82, 2.24) is 9.97 Å². The Labute approximate surface area is 190 Å². The smallest absolute Gasteiger partial charge is 0.224 e. The van der Waals surface area contributed by atoms with E-state index >= 15 is 0 Å². The first-order valence-electron chi connectivity index (χ1n) is 11.6. The molecule has 0 amide bonds. The van der Waals surface area contributed by atoms with Crippen molar-refractivity contribution in [2.75, 3.05) is 20.9 Å². The standard InChI is InChI=1S/C23H28F2N6O2/c24-13-1-10-19(18(25)11-13)28-23-29-20-12-26-22(27-14-2-6-16(32)7-3-14)30-21(20)31(23)15-4-8-17(33)9-5-15/h1,10-12,14-15,17,23,28-29,33H,2-9H2,(H,26,27,30). The first-order valence-corrected chi connectivity index (χ1v) is 11.6. The van der Waals surface area contributed by atoms with Crippen LogP contribution in [0.1, 0.15) is 51.4 Å². The molecule has 176 valence electrons. The number of aromatic nitrogens is 2. The van der Waals surface area contributed by atoms with Gasteiger partial charge in [0.2, 0.25) is 5.95 Å². The average Bonchev–Trinajstić information content (AvgIpc) is 3.15. The number of aliphatic hydroxyl groups excluding tert-OH is 1. The second-order valence-corrected chi connectivity index (χ2v) is 9.07. The first-order chi connectivity index (χ1) is 16.0. The largest absolute Gasteiger partial charge is 0.393 e. The lowest BCUT2D eigenvalue weighted by molar-refractivity contribution is -0.120. The summed E-state index contributed by atoms with van der Waals surface area (Å²) < 4.78 is 27.7. The SMILES string of the molecule is O=C1CCC(Nc2ncc3c(n2)N(C2CCC(O)CC2)C(Nc2ccc(F)cc2F)N3)CC1. The molecule has 0 saturated heterocycles. The van der Waals surface area contributed by atoms with Gasteiger partial charge in [-0.15, -0.1) is 0 Å². The fourth-order valence-corrected chi connectivity index (χ4v) is 4.93. The Morgan fingerprint density at radius 1 is 1.06 bits per heavy atom. The van der Waals surface area contributed by atoms with Crippen LogP contribution in [0.3, 0.4) is 0 Å². The van der Waals surface area contributed by atoms with E-state index in [1.807, 2.05) is 0 Å². The number of carbonyl (C=O) groups excluding carboxylic acids is 1. The molecule has 1 aromatic carbocycles. The maximum atomic E-state index is 14.4. The van der Waals surface area contributed by atoms with E-state index in [-0.39, 0.29) is 23.9 Å². The number of carbonyl (C=O) groups is 1. The molecule has 4 N–H and O–H groups in total. The average molecular weight is 459 g/mol. The Balaban J connectivity index is 1.40. The summed E-state index contributed by atoms with van der Waals surface area (Å²) >= 11 is 0. The molecule has 8 nitrogen and oxygen atoms in total. The Hall–Kier alpha value is -3.01. The topological polar surface area (TPSA) is 102 Å². The molecule has 1 aromatic heterocycles. The molecule has 5 rings (SSSR count). The van der Waals surface area contributed by atoms with Crippen LogP contribution in [0.5, 0.6) is 0 Å². The Morgan fingerprint density at radius 3 is 2.55 bits per heavy atom. The van der Waals surface area contributed by atoms with Gasteiger partial charge in [-0.1, -0.05) is 0 Å². The maximum Gasteiger partial charge on any atom is 0.224 e. The van der Waals surface area contributed by atoms with Crippen molar-refractivity contribution in [1.29, 1.82) is 0 Å². The molecule has 2 heterocycles. The highest BCUT2D eigenvalue weighted by atomic mass is 19.1. The van der Waals surface area contributed by atoms with Gasteiger partial charge in [-0.25, -0.2) is 13.8 Å². The molecule has 2 fully saturated rings. The van der Waals surface area contributed by atoms with E-state index < -0.39 is 17.9 Å². The Kier molecular flexibility index (Phi) is 6.01. The fraction of sp³-hybridized carbons (Fsp3) is 0.522. The van der Waals surface area contributed by atoms with Gasteiger partial charge >= 0.3 is 0 Å². The summed E-state index contributed by atoms with van der Waals surface area (Å²) in [7, 11) is 0. The number of Topliss-reactive ketones (excluding diaryl/α,β-unsaturated/α-hetero) is 1. The van der Waals surface area contributed by atoms with E-state index in [9.17, 15) is 18.7 Å². The summed E-state index contributed by atoms with van der Waals surface area (Å²) in [5.41, 5.74) is 0.895. The normalized spacial score (nSPS) is 25.5. The van der Waals surface area contributed by atoms with Crippen LogP contribution in [0, 0.1) is 11.6 Å². The molecular weight excluding hydrogens is 430 g/mol. The molecule has 10 heteroatoms. The Morgan fingerprint density at radius 2 is 1.82 bits per heavy atom. The molecule has 1 aliphatic heterocycles. The van der Waals surface area contributed by atoms with Gasteiger partial charge in [0.25, 0.3) is 0 Å². The van der Waals surface area contributed by atoms with Crippen molar-refractivity contribution in [2.45, 2.75) is 75.8 Å². The summed E-state index contributed by atoms with van der Waals surface area (Å²) in [4.78, 5) is 22.8. The molecular formula is C23H28F2N6O2. The van der Waals surface area contributed by atoms with Crippen LogP contribution in [0.25, 0.3) is 0 Å². The molecule has 3 aliphatic rings. The number of aliphatic hydroxyl groups is 1. The maximum absolute atomic E-state index is 14.4. The van der Waals surface area contributed by atoms with Gasteiger partial charge in [0.15, 0.2) is 12.1 Å². The van der Waals surface area contributed by atoms with E-state index in [0.717, 1.165) is 31.7 Å². The van der Waals surface area contributed by atoms with Gasteiger partial charge in [-0.2, -0.15) is 4.98 Å². The van der Waals surface area contributed by atoms with Crippen molar-refractivity contribution < 1.29 is 18.7 Å². The van der Waals surface area contributed by atoms with E-state index in [0.29, 0.717) is 48.9 Å². The third-order valence-corrected chi connectivity index (χ3v) is 6.74. The number of hydrogen-bond donors (Lipinski definition) is 4. The number of anilines is 4. The molecule has 1 unspecified atom stereocenters. The summed E-state index contributed by atoms with van der Waals surface area (Å²) in [6.07, 6.45) is 6.43.